The van der Waals surface area contributed by atoms with Crippen LogP contribution in [0.4, 0.5) is 0 Å². The van der Waals surface area contributed by atoms with Crippen LogP contribution < -0.4 is 10.6 Å². The van der Waals surface area contributed by atoms with Gasteiger partial charge in [0.1, 0.15) is 0 Å². The second-order valence-corrected chi connectivity index (χ2v) is 7.94. The van der Waals surface area contributed by atoms with E-state index >= 15 is 0 Å². The molecule has 130 valence electrons. The summed E-state index contributed by atoms with van der Waals surface area (Å²) in [5.74, 6) is 0.699. The average molecular weight is 341 g/mol. The van der Waals surface area contributed by atoms with Crippen LogP contribution in [0.5, 0.6) is 0 Å². The van der Waals surface area contributed by atoms with Crippen LogP contribution in [0.1, 0.15) is 26.3 Å². The first-order valence-electron chi connectivity index (χ1n) is 7.54. The van der Waals surface area contributed by atoms with Crippen LogP contribution in [0, 0.1) is 0 Å². The molecule has 1 aromatic carbocycles. The molecule has 0 spiro atoms. The van der Waals surface area contributed by atoms with E-state index in [-0.39, 0.29) is 5.60 Å². The summed E-state index contributed by atoms with van der Waals surface area (Å²) in [5, 5.41) is 6.41. The van der Waals surface area contributed by atoms with Crippen LogP contribution in [0.2, 0.25) is 0 Å². The van der Waals surface area contributed by atoms with E-state index < -0.39 is 9.84 Å². The molecule has 0 aliphatic carbocycles. The van der Waals surface area contributed by atoms with Gasteiger partial charge in [-0.05, 0) is 38.5 Å². The van der Waals surface area contributed by atoms with Gasteiger partial charge in [0.2, 0.25) is 0 Å². The minimum atomic E-state index is -3.16. The number of rotatable bonds is 7. The lowest BCUT2D eigenvalue weighted by atomic mass is 10.1. The SMILES string of the molecule is CCNC(=NCc1ccc(S(C)(=O)=O)cc1)NCC(C)(C)OC. The molecule has 0 saturated heterocycles. The van der Waals surface area contributed by atoms with E-state index in [0.717, 1.165) is 12.1 Å². The van der Waals surface area contributed by atoms with Crippen LogP contribution in [0.15, 0.2) is 34.2 Å². The van der Waals surface area contributed by atoms with Gasteiger partial charge in [-0.1, -0.05) is 12.1 Å². The summed E-state index contributed by atoms with van der Waals surface area (Å²) in [6, 6.07) is 6.77. The van der Waals surface area contributed by atoms with Gasteiger partial charge in [-0.25, -0.2) is 13.4 Å². The summed E-state index contributed by atoms with van der Waals surface area (Å²) in [4.78, 5) is 4.82. The van der Waals surface area contributed by atoms with Crippen molar-refractivity contribution in [3.05, 3.63) is 29.8 Å². The Morgan fingerprint density at radius 2 is 1.83 bits per heavy atom. The van der Waals surface area contributed by atoms with Gasteiger partial charge in [0, 0.05) is 26.5 Å². The fourth-order valence-corrected chi connectivity index (χ4v) is 2.35. The van der Waals surface area contributed by atoms with Crippen molar-refractivity contribution in [2.24, 2.45) is 4.99 Å². The maximum atomic E-state index is 11.4. The first kappa shape index (κ1) is 19.4. The van der Waals surface area contributed by atoms with Crippen LogP contribution >= 0.6 is 0 Å². The zero-order valence-corrected chi connectivity index (χ0v) is 15.3. The van der Waals surface area contributed by atoms with Crippen LogP contribution in [-0.2, 0) is 21.1 Å². The highest BCUT2D eigenvalue weighted by Crippen LogP contribution is 2.11. The van der Waals surface area contributed by atoms with Crippen molar-refractivity contribution < 1.29 is 13.2 Å². The van der Waals surface area contributed by atoms with Gasteiger partial charge in [-0.3, -0.25) is 0 Å². The molecule has 0 heterocycles. The largest absolute Gasteiger partial charge is 0.377 e. The third-order valence-electron chi connectivity index (χ3n) is 3.35. The Bertz CT molecular complexity index is 622. The highest BCUT2D eigenvalue weighted by Gasteiger charge is 2.16. The molecular weight excluding hydrogens is 314 g/mol. The normalized spacial score (nSPS) is 13.0. The number of aliphatic imine (C=N–C) groups is 1. The lowest BCUT2D eigenvalue weighted by molar-refractivity contribution is 0.0268. The molecule has 0 radical (unpaired) electrons. The molecule has 0 aliphatic heterocycles. The predicted octanol–water partition coefficient (Wildman–Crippen LogP) is 1.57. The Labute approximate surface area is 139 Å². The summed E-state index contributed by atoms with van der Waals surface area (Å²) >= 11 is 0. The van der Waals surface area contributed by atoms with E-state index in [2.05, 4.69) is 15.6 Å². The molecular formula is C16H27N3O3S. The Kier molecular flexibility index (Phi) is 7.02. The Hall–Kier alpha value is -1.60. The molecule has 0 saturated carbocycles. The van der Waals surface area contributed by atoms with Crippen molar-refractivity contribution in [2.75, 3.05) is 26.5 Å². The van der Waals surface area contributed by atoms with Crippen molar-refractivity contribution in [2.45, 2.75) is 37.8 Å². The van der Waals surface area contributed by atoms with Gasteiger partial charge in [-0.15, -0.1) is 0 Å². The molecule has 0 fully saturated rings. The Balaban J connectivity index is 2.73. The number of nitrogens with zero attached hydrogens (tertiary/aromatic N) is 1. The monoisotopic (exact) mass is 341 g/mol. The highest BCUT2D eigenvalue weighted by molar-refractivity contribution is 7.90. The summed E-state index contributed by atoms with van der Waals surface area (Å²) in [5.41, 5.74) is 0.661. The molecule has 23 heavy (non-hydrogen) atoms. The number of sulfone groups is 1. The molecule has 0 bridgehead atoms. The number of hydrogen-bond donors (Lipinski definition) is 2. The molecule has 2 N–H and O–H groups in total. The van der Waals surface area contributed by atoms with Crippen molar-refractivity contribution >= 4 is 15.8 Å². The number of nitrogens with one attached hydrogen (secondary N) is 2. The first-order chi connectivity index (χ1) is 10.7. The van der Waals surface area contributed by atoms with E-state index in [0.29, 0.717) is 23.9 Å². The number of hydrogen-bond acceptors (Lipinski definition) is 4. The third-order valence-corrected chi connectivity index (χ3v) is 4.48. The number of guanidine groups is 1. The zero-order chi connectivity index (χ0) is 17.5. The van der Waals surface area contributed by atoms with Crippen LogP contribution in [0.3, 0.4) is 0 Å². The second kappa shape index (κ2) is 8.31. The van der Waals surface area contributed by atoms with Gasteiger partial charge >= 0.3 is 0 Å². The van der Waals surface area contributed by atoms with Crippen LogP contribution in [-0.4, -0.2) is 46.4 Å². The molecule has 6 nitrogen and oxygen atoms in total. The molecule has 1 rings (SSSR count). The fourth-order valence-electron chi connectivity index (χ4n) is 1.72. The predicted molar refractivity (Wildman–Crippen MR) is 93.5 cm³/mol. The quantitative estimate of drug-likeness (QED) is 0.581. The fraction of sp³-hybridized carbons (Fsp3) is 0.562. The lowest BCUT2D eigenvalue weighted by Crippen LogP contribution is -2.45. The average Bonchev–Trinajstić information content (AvgIpc) is 2.49. The van der Waals surface area contributed by atoms with E-state index in [4.69, 9.17) is 4.74 Å². The third kappa shape index (κ3) is 7.00. The zero-order valence-electron chi connectivity index (χ0n) is 14.5. The molecule has 0 aromatic heterocycles. The van der Waals surface area contributed by atoms with E-state index in [1.165, 1.54) is 6.26 Å². The standard InChI is InChI=1S/C16H27N3O3S/c1-6-17-15(19-12-16(2,3)22-4)18-11-13-7-9-14(10-8-13)23(5,20)21/h7-10H,6,11-12H2,1-5H3,(H2,17,18,19). The second-order valence-electron chi connectivity index (χ2n) is 5.93. The maximum absolute atomic E-state index is 11.4. The van der Waals surface area contributed by atoms with Gasteiger partial charge in [0.05, 0.1) is 17.0 Å². The van der Waals surface area contributed by atoms with E-state index in [1.807, 2.05) is 20.8 Å². The summed E-state index contributed by atoms with van der Waals surface area (Å²) in [6.45, 7) is 7.84. The van der Waals surface area contributed by atoms with Crippen molar-refractivity contribution in [1.29, 1.82) is 0 Å². The number of benzene rings is 1. The maximum Gasteiger partial charge on any atom is 0.191 e. The van der Waals surface area contributed by atoms with Gasteiger partial charge in [0.25, 0.3) is 0 Å². The smallest absolute Gasteiger partial charge is 0.191 e. The Morgan fingerprint density at radius 3 is 2.30 bits per heavy atom. The molecule has 0 unspecified atom stereocenters. The first-order valence-corrected chi connectivity index (χ1v) is 9.43. The highest BCUT2D eigenvalue weighted by atomic mass is 32.2. The Morgan fingerprint density at radius 1 is 1.22 bits per heavy atom. The van der Waals surface area contributed by atoms with Gasteiger partial charge < -0.3 is 15.4 Å². The van der Waals surface area contributed by atoms with Crippen molar-refractivity contribution in [3.8, 4) is 0 Å². The molecule has 1 aromatic rings. The van der Waals surface area contributed by atoms with Crippen molar-refractivity contribution in [1.82, 2.24) is 10.6 Å². The van der Waals surface area contributed by atoms with Crippen LogP contribution in [0.25, 0.3) is 0 Å². The molecule has 7 heteroatoms. The van der Waals surface area contributed by atoms with E-state index in [9.17, 15) is 8.42 Å². The van der Waals surface area contributed by atoms with Gasteiger partial charge in [0.15, 0.2) is 15.8 Å². The molecule has 0 amide bonds. The summed E-state index contributed by atoms with van der Waals surface area (Å²) < 4.78 is 28.3. The number of ether oxygens (including phenoxy) is 1. The summed E-state index contributed by atoms with van der Waals surface area (Å²) in [7, 11) is -1.49. The molecule has 0 atom stereocenters. The lowest BCUT2D eigenvalue weighted by Gasteiger charge is -2.24. The minimum absolute atomic E-state index is 0.284. The van der Waals surface area contributed by atoms with Gasteiger partial charge in [-0.2, -0.15) is 0 Å². The topological polar surface area (TPSA) is 79.8 Å². The minimum Gasteiger partial charge on any atom is -0.377 e. The summed E-state index contributed by atoms with van der Waals surface area (Å²) in [6.07, 6.45) is 1.20. The molecule has 0 aliphatic rings. The number of methoxy groups -OCH3 is 1. The van der Waals surface area contributed by atoms with Crippen molar-refractivity contribution in [3.63, 3.8) is 0 Å². The van der Waals surface area contributed by atoms with E-state index in [1.54, 1.807) is 31.4 Å².